The van der Waals surface area contributed by atoms with E-state index in [1.807, 2.05) is 6.07 Å². The second kappa shape index (κ2) is 15.0. The maximum Gasteiger partial charge on any atom is -0.0632 e. The van der Waals surface area contributed by atoms with Crippen molar-refractivity contribution < 1.29 is 49.0 Å². The van der Waals surface area contributed by atoms with Gasteiger partial charge >= 0.3 is 70.3 Å². The van der Waals surface area contributed by atoms with E-state index >= 15 is 0 Å². The third-order valence-electron chi connectivity index (χ3n) is 7.24. The van der Waals surface area contributed by atoms with E-state index in [2.05, 4.69) is 142 Å². The first kappa shape index (κ1) is 36.4. The topological polar surface area (TPSA) is 0 Å². The van der Waals surface area contributed by atoms with Crippen molar-refractivity contribution in [2.75, 3.05) is 0 Å². The van der Waals surface area contributed by atoms with Crippen LogP contribution in [0.15, 0.2) is 72.8 Å². The molecule has 0 N–H and O–H groups in total. The zero-order valence-electron chi connectivity index (χ0n) is 25.9. The number of halogens is 2. The normalized spacial score (nSPS) is 11.4. The Bertz CT molecular complexity index is 1320. The molecule has 5 rings (SSSR count). The molecule has 0 amide bonds. The SMILES string of the molecule is CC(C)(C)c1c[c-]c2c(c1)-c1cc(C(C)(C)C)ccc1C2.C[C](=[Zr+2])c1ccccc1.Cc1cc(C)c(C)[cH-]1.[Cl-].[Cl-]. The van der Waals surface area contributed by atoms with Crippen molar-refractivity contribution >= 4 is 3.21 Å². The molecule has 0 atom stereocenters. The van der Waals surface area contributed by atoms with Crippen LogP contribution in [0.2, 0.25) is 0 Å². The van der Waals surface area contributed by atoms with E-state index in [0.717, 1.165) is 6.42 Å². The molecule has 1 aliphatic carbocycles. The van der Waals surface area contributed by atoms with E-state index < -0.39 is 0 Å². The smallest absolute Gasteiger partial charge is 0.0632 e. The van der Waals surface area contributed by atoms with E-state index in [1.165, 1.54) is 83.1 Å². The van der Waals surface area contributed by atoms with Gasteiger partial charge in [0.2, 0.25) is 0 Å². The zero-order chi connectivity index (χ0) is 28.3. The molecule has 1 aliphatic rings. The molecule has 212 valence electrons. The summed E-state index contributed by atoms with van der Waals surface area (Å²) in [6, 6.07) is 29.9. The molecule has 40 heavy (non-hydrogen) atoms. The van der Waals surface area contributed by atoms with Gasteiger partial charge in [-0.25, -0.2) is 6.07 Å². The maximum absolute atomic E-state index is 3.53. The van der Waals surface area contributed by atoms with Crippen LogP contribution in [-0.2, 0) is 41.5 Å². The Balaban J connectivity index is 0.000000350. The van der Waals surface area contributed by atoms with Gasteiger partial charge in [0.05, 0.1) is 0 Å². The summed E-state index contributed by atoms with van der Waals surface area (Å²) >= 11 is 1.51. The summed E-state index contributed by atoms with van der Waals surface area (Å²) in [5.41, 5.74) is 14.3. The van der Waals surface area contributed by atoms with Gasteiger partial charge < -0.3 is 24.8 Å². The summed E-state index contributed by atoms with van der Waals surface area (Å²) in [6.45, 7) is 22.2. The molecule has 0 bridgehead atoms. The van der Waals surface area contributed by atoms with E-state index in [4.69, 9.17) is 0 Å². The standard InChI is InChI=1S/C21H25.C8H11.C8H8.2ClH.Zr/c1-20(2,3)16-9-7-14-11-15-8-10-17(21(4,5)6)13-19(15)18(14)12-16;1-6-4-7(2)8(3)5-6;1-2-8-6-4-3-5-7-8;;;/h7,9-10,12-13H,11H2,1-6H3;4-5H,1-3H3;3-7H,1H3;2*1H;/q2*-1;;;;+2/p-2. The molecule has 0 aliphatic heterocycles. The van der Waals surface area contributed by atoms with Crippen molar-refractivity contribution in [3.8, 4) is 11.1 Å². The molecule has 0 unspecified atom stereocenters. The molecular formula is C37H44Cl2Zr-2. The predicted octanol–water partition coefficient (Wildman–Crippen LogP) is 3.77. The van der Waals surface area contributed by atoms with Crippen molar-refractivity contribution in [1.82, 2.24) is 0 Å². The van der Waals surface area contributed by atoms with Crippen LogP contribution in [0.1, 0.15) is 93.0 Å². The summed E-state index contributed by atoms with van der Waals surface area (Å²) in [7, 11) is 0. The van der Waals surface area contributed by atoms with Gasteiger partial charge in [-0.1, -0.05) is 97.1 Å². The quantitative estimate of drug-likeness (QED) is 0.243. The largest absolute Gasteiger partial charge is 1.00 e. The number of hydrogen-bond acceptors (Lipinski definition) is 0. The molecule has 4 aromatic rings. The Hall–Kier alpha value is -1.66. The van der Waals surface area contributed by atoms with Gasteiger partial charge in [0.1, 0.15) is 0 Å². The minimum Gasteiger partial charge on any atom is -1.00 e. The minimum atomic E-state index is 0. The average Bonchev–Trinajstić information content (AvgIpc) is 3.35. The fourth-order valence-corrected chi connectivity index (χ4v) is 5.03. The van der Waals surface area contributed by atoms with Crippen LogP contribution < -0.4 is 24.8 Å². The molecule has 0 spiro atoms. The number of rotatable bonds is 1. The van der Waals surface area contributed by atoms with E-state index in [0.29, 0.717) is 0 Å². The van der Waals surface area contributed by atoms with Crippen LogP contribution in [0.4, 0.5) is 0 Å². The summed E-state index contributed by atoms with van der Waals surface area (Å²) in [5.74, 6) is 0. The minimum absolute atomic E-state index is 0. The summed E-state index contributed by atoms with van der Waals surface area (Å²) in [6.07, 6.45) is 1.03. The molecule has 3 heteroatoms. The Morgan fingerprint density at radius 3 is 1.77 bits per heavy atom. The van der Waals surface area contributed by atoms with Gasteiger partial charge in [0, 0.05) is 0 Å². The number of fused-ring (bicyclic) bond motifs is 3. The van der Waals surface area contributed by atoms with Crippen molar-refractivity contribution in [2.24, 2.45) is 0 Å². The van der Waals surface area contributed by atoms with Crippen molar-refractivity contribution in [3.05, 3.63) is 123 Å². The molecule has 4 aromatic carbocycles. The average molecular weight is 651 g/mol. The van der Waals surface area contributed by atoms with Crippen molar-refractivity contribution in [1.29, 1.82) is 0 Å². The molecule has 0 saturated carbocycles. The Morgan fingerprint density at radius 2 is 1.35 bits per heavy atom. The Morgan fingerprint density at radius 1 is 0.775 bits per heavy atom. The van der Waals surface area contributed by atoms with Gasteiger partial charge in [-0.05, 0) is 17.4 Å². The van der Waals surface area contributed by atoms with Crippen LogP contribution in [-0.4, -0.2) is 3.21 Å². The summed E-state index contributed by atoms with van der Waals surface area (Å²) in [5, 5.41) is 0. The van der Waals surface area contributed by atoms with E-state index in [1.54, 1.807) is 0 Å². The van der Waals surface area contributed by atoms with Crippen LogP contribution in [0.3, 0.4) is 0 Å². The number of benzene rings is 3. The molecule has 0 radical (unpaired) electrons. The van der Waals surface area contributed by atoms with Crippen molar-refractivity contribution in [3.63, 3.8) is 0 Å². The predicted molar refractivity (Wildman–Crippen MR) is 163 cm³/mol. The van der Waals surface area contributed by atoms with Gasteiger partial charge in [-0.3, -0.25) is 0 Å². The summed E-state index contributed by atoms with van der Waals surface area (Å²) < 4.78 is 1.46. The van der Waals surface area contributed by atoms with Crippen LogP contribution >= 0.6 is 0 Å². The molecule has 0 heterocycles. The fourth-order valence-electron chi connectivity index (χ4n) is 4.63. The summed E-state index contributed by atoms with van der Waals surface area (Å²) in [4.78, 5) is 0. The molecular weight excluding hydrogens is 607 g/mol. The maximum atomic E-state index is 3.53. The number of aryl methyl sites for hydroxylation is 3. The Kier molecular flexibility index (Phi) is 13.6. The van der Waals surface area contributed by atoms with E-state index in [9.17, 15) is 0 Å². The molecule has 0 aromatic heterocycles. The van der Waals surface area contributed by atoms with Gasteiger partial charge in [0.15, 0.2) is 0 Å². The first-order chi connectivity index (χ1) is 17.7. The zero-order valence-corrected chi connectivity index (χ0v) is 29.9. The number of hydrogen-bond donors (Lipinski definition) is 0. The first-order valence-electron chi connectivity index (χ1n) is 13.7. The molecule has 0 fully saturated rings. The molecule has 0 nitrogen and oxygen atoms in total. The van der Waals surface area contributed by atoms with Crippen molar-refractivity contribution in [2.45, 2.75) is 86.5 Å². The third-order valence-corrected chi connectivity index (χ3v) is 7.95. The van der Waals surface area contributed by atoms with Crippen LogP contribution in [0, 0.1) is 26.8 Å². The van der Waals surface area contributed by atoms with Gasteiger partial charge in [-0.15, -0.1) is 5.56 Å². The molecule has 0 saturated heterocycles. The van der Waals surface area contributed by atoms with Gasteiger partial charge in [0.25, 0.3) is 0 Å². The monoisotopic (exact) mass is 648 g/mol. The second-order valence-corrected chi connectivity index (χ2v) is 14.6. The first-order valence-corrected chi connectivity index (χ1v) is 14.9. The van der Waals surface area contributed by atoms with Gasteiger partial charge in [-0.2, -0.15) is 52.1 Å². The van der Waals surface area contributed by atoms with E-state index in [-0.39, 0.29) is 35.6 Å². The fraction of sp³-hybridized carbons (Fsp3) is 0.351. The van der Waals surface area contributed by atoms with Crippen LogP contribution in [0.25, 0.3) is 11.1 Å². The second-order valence-electron chi connectivity index (χ2n) is 12.7. The van der Waals surface area contributed by atoms with Crippen LogP contribution in [0.5, 0.6) is 0 Å². The third kappa shape index (κ3) is 9.72. The Labute approximate surface area is 271 Å².